The Bertz CT molecular complexity index is 451. The zero-order valence-electron chi connectivity index (χ0n) is 13.4. The summed E-state index contributed by atoms with van der Waals surface area (Å²) < 4.78 is 5.27. The third kappa shape index (κ3) is 6.40. The van der Waals surface area contributed by atoms with Crippen LogP contribution < -0.4 is 0 Å². The smallest absolute Gasteiger partial charge is 0.338 e. The summed E-state index contributed by atoms with van der Waals surface area (Å²) in [5, 5.41) is 0. The Kier molecular flexibility index (Phi) is 7.46. The summed E-state index contributed by atoms with van der Waals surface area (Å²) in [5.41, 5.74) is 1.36. The SMILES string of the molecule is CCN(CC)CCOC(=O)c1ccc(N=CN(C)C)cc1. The number of hydrogen-bond acceptors (Lipinski definition) is 4. The second-order valence-corrected chi connectivity index (χ2v) is 4.92. The number of carbonyl (C=O) groups excluding carboxylic acids is 1. The first kappa shape index (κ1) is 17.2. The van der Waals surface area contributed by atoms with Crippen LogP contribution in [-0.4, -0.2) is 62.4 Å². The number of benzene rings is 1. The highest BCUT2D eigenvalue weighted by Gasteiger charge is 2.07. The largest absolute Gasteiger partial charge is 0.461 e. The van der Waals surface area contributed by atoms with Gasteiger partial charge in [0, 0.05) is 20.6 Å². The molecular weight excluding hydrogens is 266 g/mol. The summed E-state index contributed by atoms with van der Waals surface area (Å²) in [6.45, 7) is 7.31. The number of likely N-dealkylation sites (N-methyl/N-ethyl adjacent to an activating group) is 1. The first-order valence-corrected chi connectivity index (χ1v) is 7.27. The number of aliphatic imine (C=N–C) groups is 1. The molecule has 0 unspecified atom stereocenters. The van der Waals surface area contributed by atoms with E-state index < -0.39 is 0 Å². The molecule has 0 fully saturated rings. The Hall–Kier alpha value is -1.88. The van der Waals surface area contributed by atoms with Crippen LogP contribution in [0.25, 0.3) is 0 Å². The van der Waals surface area contributed by atoms with Gasteiger partial charge in [0.2, 0.25) is 0 Å². The van der Waals surface area contributed by atoms with E-state index in [1.165, 1.54) is 0 Å². The zero-order chi connectivity index (χ0) is 15.7. The minimum Gasteiger partial charge on any atom is -0.461 e. The van der Waals surface area contributed by atoms with Gasteiger partial charge < -0.3 is 14.5 Å². The highest BCUT2D eigenvalue weighted by Crippen LogP contribution is 2.13. The van der Waals surface area contributed by atoms with Gasteiger partial charge in [-0.2, -0.15) is 0 Å². The van der Waals surface area contributed by atoms with Crippen LogP contribution in [-0.2, 0) is 4.74 Å². The molecule has 0 aromatic heterocycles. The predicted octanol–water partition coefficient (Wildman–Crippen LogP) is 2.41. The maximum absolute atomic E-state index is 11.9. The molecule has 0 saturated heterocycles. The molecule has 116 valence electrons. The lowest BCUT2D eigenvalue weighted by atomic mass is 10.2. The van der Waals surface area contributed by atoms with E-state index in [2.05, 4.69) is 23.7 Å². The third-order valence-electron chi connectivity index (χ3n) is 3.08. The molecule has 0 heterocycles. The van der Waals surface area contributed by atoms with Crippen molar-refractivity contribution in [3.63, 3.8) is 0 Å². The van der Waals surface area contributed by atoms with Crippen LogP contribution in [0.4, 0.5) is 5.69 Å². The van der Waals surface area contributed by atoms with E-state index >= 15 is 0 Å². The minimum atomic E-state index is -0.287. The summed E-state index contributed by atoms with van der Waals surface area (Å²) in [5.74, 6) is -0.287. The number of esters is 1. The highest BCUT2D eigenvalue weighted by atomic mass is 16.5. The van der Waals surface area contributed by atoms with Crippen molar-refractivity contribution in [3.8, 4) is 0 Å². The monoisotopic (exact) mass is 291 g/mol. The van der Waals surface area contributed by atoms with Crippen LogP contribution in [0.1, 0.15) is 24.2 Å². The molecule has 0 aliphatic heterocycles. The van der Waals surface area contributed by atoms with Crippen molar-refractivity contribution in [1.29, 1.82) is 0 Å². The second kappa shape index (κ2) is 9.13. The molecule has 1 aromatic rings. The quantitative estimate of drug-likeness (QED) is 0.419. The van der Waals surface area contributed by atoms with Gasteiger partial charge in [-0.15, -0.1) is 0 Å². The van der Waals surface area contributed by atoms with Crippen molar-refractivity contribution < 1.29 is 9.53 Å². The molecule has 0 amide bonds. The van der Waals surface area contributed by atoms with Crippen molar-refractivity contribution in [3.05, 3.63) is 29.8 Å². The molecule has 0 atom stereocenters. The lowest BCUT2D eigenvalue weighted by Crippen LogP contribution is -2.27. The minimum absolute atomic E-state index is 0.287. The number of carbonyl (C=O) groups is 1. The van der Waals surface area contributed by atoms with Crippen LogP contribution in [0.5, 0.6) is 0 Å². The molecule has 5 nitrogen and oxygen atoms in total. The van der Waals surface area contributed by atoms with Crippen LogP contribution in [0.3, 0.4) is 0 Å². The number of nitrogens with zero attached hydrogens (tertiary/aromatic N) is 3. The molecule has 21 heavy (non-hydrogen) atoms. The Balaban J connectivity index is 2.48. The van der Waals surface area contributed by atoms with Gasteiger partial charge in [-0.1, -0.05) is 13.8 Å². The van der Waals surface area contributed by atoms with Gasteiger partial charge in [-0.05, 0) is 37.4 Å². The topological polar surface area (TPSA) is 45.1 Å². The van der Waals surface area contributed by atoms with E-state index in [-0.39, 0.29) is 5.97 Å². The van der Waals surface area contributed by atoms with Gasteiger partial charge in [0.15, 0.2) is 0 Å². The van der Waals surface area contributed by atoms with Crippen molar-refractivity contribution in [2.24, 2.45) is 4.99 Å². The molecule has 0 aliphatic carbocycles. The average Bonchev–Trinajstić information content (AvgIpc) is 2.50. The lowest BCUT2D eigenvalue weighted by molar-refractivity contribution is 0.0466. The van der Waals surface area contributed by atoms with E-state index in [0.717, 1.165) is 25.3 Å². The van der Waals surface area contributed by atoms with Crippen molar-refractivity contribution in [2.45, 2.75) is 13.8 Å². The second-order valence-electron chi connectivity index (χ2n) is 4.92. The van der Waals surface area contributed by atoms with E-state index in [4.69, 9.17) is 4.74 Å². The van der Waals surface area contributed by atoms with Crippen molar-refractivity contribution in [2.75, 3.05) is 40.3 Å². The molecular formula is C16H25N3O2. The average molecular weight is 291 g/mol. The predicted molar refractivity (Wildman–Crippen MR) is 86.4 cm³/mol. The molecule has 1 rings (SSSR count). The van der Waals surface area contributed by atoms with Gasteiger partial charge in [0.25, 0.3) is 0 Å². The van der Waals surface area contributed by atoms with E-state index in [9.17, 15) is 4.79 Å². The number of ether oxygens (including phenoxy) is 1. The summed E-state index contributed by atoms with van der Waals surface area (Å²) in [7, 11) is 3.82. The maximum Gasteiger partial charge on any atom is 0.338 e. The molecule has 0 N–H and O–H groups in total. The van der Waals surface area contributed by atoms with Crippen LogP contribution in [0, 0.1) is 0 Å². The van der Waals surface area contributed by atoms with Gasteiger partial charge in [-0.3, -0.25) is 0 Å². The molecule has 1 aromatic carbocycles. The fraction of sp³-hybridized carbons (Fsp3) is 0.500. The van der Waals surface area contributed by atoms with Crippen molar-refractivity contribution >= 4 is 18.0 Å². The van der Waals surface area contributed by atoms with Gasteiger partial charge >= 0.3 is 5.97 Å². The summed E-state index contributed by atoms with van der Waals surface area (Å²) in [6, 6.07) is 7.09. The van der Waals surface area contributed by atoms with Crippen molar-refractivity contribution in [1.82, 2.24) is 9.80 Å². The normalized spacial score (nSPS) is 11.1. The summed E-state index contributed by atoms with van der Waals surface area (Å²) >= 11 is 0. The Labute approximate surface area is 127 Å². The third-order valence-corrected chi connectivity index (χ3v) is 3.08. The van der Waals surface area contributed by atoms with Gasteiger partial charge in [-0.25, -0.2) is 9.79 Å². The Morgan fingerprint density at radius 3 is 2.33 bits per heavy atom. The van der Waals surface area contributed by atoms with E-state index in [1.54, 1.807) is 30.6 Å². The highest BCUT2D eigenvalue weighted by molar-refractivity contribution is 5.89. The fourth-order valence-electron chi connectivity index (χ4n) is 1.76. The summed E-state index contributed by atoms with van der Waals surface area (Å²) in [4.78, 5) is 20.2. The Morgan fingerprint density at radius 2 is 1.81 bits per heavy atom. The molecule has 0 saturated carbocycles. The van der Waals surface area contributed by atoms with Gasteiger partial charge in [0.1, 0.15) is 6.61 Å². The van der Waals surface area contributed by atoms with Crippen LogP contribution in [0.2, 0.25) is 0 Å². The first-order valence-electron chi connectivity index (χ1n) is 7.27. The fourth-order valence-corrected chi connectivity index (χ4v) is 1.76. The number of rotatable bonds is 8. The van der Waals surface area contributed by atoms with Gasteiger partial charge in [0.05, 0.1) is 17.6 Å². The standard InChI is InChI=1S/C16H25N3O2/c1-5-19(6-2)11-12-21-16(20)14-7-9-15(10-8-14)17-13-18(3)4/h7-10,13H,5-6,11-12H2,1-4H3. The summed E-state index contributed by atoms with van der Waals surface area (Å²) in [6.07, 6.45) is 1.72. The van der Waals surface area contributed by atoms with E-state index in [0.29, 0.717) is 12.2 Å². The maximum atomic E-state index is 11.9. The van der Waals surface area contributed by atoms with E-state index in [1.807, 2.05) is 19.0 Å². The molecule has 0 aliphatic rings. The molecule has 5 heteroatoms. The van der Waals surface area contributed by atoms with Crippen LogP contribution >= 0.6 is 0 Å². The molecule has 0 radical (unpaired) electrons. The zero-order valence-corrected chi connectivity index (χ0v) is 13.4. The Morgan fingerprint density at radius 1 is 1.19 bits per heavy atom. The first-order chi connectivity index (χ1) is 10.1. The van der Waals surface area contributed by atoms with Crippen LogP contribution in [0.15, 0.2) is 29.3 Å². The lowest BCUT2D eigenvalue weighted by Gasteiger charge is -2.17. The molecule has 0 spiro atoms. The number of hydrogen-bond donors (Lipinski definition) is 0. The molecule has 0 bridgehead atoms.